The van der Waals surface area contributed by atoms with Gasteiger partial charge in [0, 0.05) is 24.8 Å². The highest BCUT2D eigenvalue weighted by Gasteiger charge is 2.28. The van der Waals surface area contributed by atoms with Gasteiger partial charge >= 0.3 is 0 Å². The molecule has 0 radical (unpaired) electrons. The molecule has 3 rings (SSSR count). The van der Waals surface area contributed by atoms with E-state index in [1.54, 1.807) is 6.20 Å². The van der Waals surface area contributed by atoms with Gasteiger partial charge in [-0.2, -0.15) is 5.10 Å². The monoisotopic (exact) mass is 352 g/mol. The Labute approximate surface area is 131 Å². The van der Waals surface area contributed by atoms with E-state index < -0.39 is 0 Å². The molecular formula is C14H17BrN4O2. The van der Waals surface area contributed by atoms with Crippen molar-refractivity contribution in [2.75, 3.05) is 13.1 Å². The van der Waals surface area contributed by atoms with Crippen molar-refractivity contribution in [3.8, 4) is 0 Å². The maximum absolute atomic E-state index is 12.4. The summed E-state index contributed by atoms with van der Waals surface area (Å²) in [6.45, 7) is 5.19. The molecule has 1 amide bonds. The number of carbonyl (C=O) groups excluding carboxylic acids is 1. The minimum atomic E-state index is 0.123. The zero-order valence-corrected chi connectivity index (χ0v) is 13.6. The van der Waals surface area contributed by atoms with Gasteiger partial charge < -0.3 is 9.42 Å². The number of hydrogen-bond donors (Lipinski definition) is 0. The smallest absolute Gasteiger partial charge is 0.227 e. The minimum absolute atomic E-state index is 0.123. The third-order valence-electron chi connectivity index (χ3n) is 3.97. The molecule has 2 aromatic heterocycles. The van der Waals surface area contributed by atoms with E-state index in [-0.39, 0.29) is 11.9 Å². The zero-order valence-electron chi connectivity index (χ0n) is 12.0. The van der Waals surface area contributed by atoms with E-state index in [1.807, 2.05) is 29.6 Å². The number of aryl methyl sites for hydroxylation is 2. The summed E-state index contributed by atoms with van der Waals surface area (Å²) >= 11 is 3.40. The van der Waals surface area contributed by atoms with Gasteiger partial charge in [0.1, 0.15) is 5.76 Å². The van der Waals surface area contributed by atoms with Crippen LogP contribution in [-0.2, 0) is 11.2 Å². The SMILES string of the molecule is Cc1noc(C)c1CC(=O)N1CCC(n2cc(Br)cn2)C1. The van der Waals surface area contributed by atoms with Crippen molar-refractivity contribution in [1.82, 2.24) is 19.8 Å². The van der Waals surface area contributed by atoms with Crippen LogP contribution in [0.15, 0.2) is 21.4 Å². The van der Waals surface area contributed by atoms with Gasteiger partial charge in [-0.25, -0.2) is 0 Å². The topological polar surface area (TPSA) is 64.2 Å². The predicted octanol–water partition coefficient (Wildman–Crippen LogP) is 2.27. The summed E-state index contributed by atoms with van der Waals surface area (Å²) in [5.41, 5.74) is 1.71. The van der Waals surface area contributed by atoms with Gasteiger partial charge in [0.05, 0.1) is 28.8 Å². The number of halogens is 1. The summed E-state index contributed by atoms with van der Waals surface area (Å²) in [5.74, 6) is 0.853. The second kappa shape index (κ2) is 5.63. The first-order valence-electron chi connectivity index (χ1n) is 6.94. The Morgan fingerprint density at radius 2 is 2.33 bits per heavy atom. The first kappa shape index (κ1) is 14.3. The van der Waals surface area contributed by atoms with E-state index in [4.69, 9.17) is 4.52 Å². The molecule has 1 unspecified atom stereocenters. The van der Waals surface area contributed by atoms with Crippen LogP contribution >= 0.6 is 15.9 Å². The molecule has 112 valence electrons. The molecule has 2 aromatic rings. The quantitative estimate of drug-likeness (QED) is 0.849. The highest BCUT2D eigenvalue weighted by Crippen LogP contribution is 2.24. The van der Waals surface area contributed by atoms with Gasteiger partial charge in [-0.05, 0) is 36.2 Å². The molecule has 6 nitrogen and oxygen atoms in total. The van der Waals surface area contributed by atoms with Crippen molar-refractivity contribution in [1.29, 1.82) is 0 Å². The number of rotatable bonds is 3. The number of aromatic nitrogens is 3. The lowest BCUT2D eigenvalue weighted by molar-refractivity contribution is -0.129. The molecule has 0 aliphatic carbocycles. The zero-order chi connectivity index (χ0) is 15.0. The average Bonchev–Trinajstić information content (AvgIpc) is 3.15. The van der Waals surface area contributed by atoms with E-state index >= 15 is 0 Å². The van der Waals surface area contributed by atoms with Crippen molar-refractivity contribution in [2.24, 2.45) is 0 Å². The van der Waals surface area contributed by atoms with Crippen molar-refractivity contribution < 1.29 is 9.32 Å². The fourth-order valence-corrected chi connectivity index (χ4v) is 3.02. The van der Waals surface area contributed by atoms with Gasteiger partial charge in [-0.3, -0.25) is 9.48 Å². The summed E-state index contributed by atoms with van der Waals surface area (Å²) in [4.78, 5) is 14.3. The van der Waals surface area contributed by atoms with Crippen LogP contribution in [0.4, 0.5) is 0 Å². The minimum Gasteiger partial charge on any atom is -0.361 e. The van der Waals surface area contributed by atoms with Gasteiger partial charge in [0.15, 0.2) is 0 Å². The van der Waals surface area contributed by atoms with Crippen LogP contribution < -0.4 is 0 Å². The highest BCUT2D eigenvalue weighted by molar-refractivity contribution is 9.10. The molecule has 0 bridgehead atoms. The highest BCUT2D eigenvalue weighted by atomic mass is 79.9. The van der Waals surface area contributed by atoms with E-state index in [1.165, 1.54) is 0 Å². The summed E-state index contributed by atoms with van der Waals surface area (Å²) in [5, 5.41) is 8.20. The van der Waals surface area contributed by atoms with Crippen molar-refractivity contribution in [3.05, 3.63) is 33.9 Å². The molecule has 1 aliphatic rings. The molecule has 1 saturated heterocycles. The molecule has 3 heterocycles. The summed E-state index contributed by atoms with van der Waals surface area (Å²) in [6.07, 6.45) is 5.01. The lowest BCUT2D eigenvalue weighted by atomic mass is 10.1. The molecule has 0 aromatic carbocycles. The van der Waals surface area contributed by atoms with E-state index in [2.05, 4.69) is 26.2 Å². The van der Waals surface area contributed by atoms with E-state index in [9.17, 15) is 4.79 Å². The lowest BCUT2D eigenvalue weighted by Gasteiger charge is -2.16. The van der Waals surface area contributed by atoms with Crippen LogP contribution in [0.1, 0.15) is 29.5 Å². The number of amides is 1. The summed E-state index contributed by atoms with van der Waals surface area (Å²) in [6, 6.07) is 0.255. The average molecular weight is 353 g/mol. The number of hydrogen-bond acceptors (Lipinski definition) is 4. The van der Waals surface area contributed by atoms with Crippen LogP contribution in [0.3, 0.4) is 0 Å². The molecule has 21 heavy (non-hydrogen) atoms. The first-order chi connectivity index (χ1) is 10.0. The Hall–Kier alpha value is -1.63. The van der Waals surface area contributed by atoms with Gasteiger partial charge in [0.2, 0.25) is 5.91 Å². The molecule has 0 spiro atoms. The molecule has 7 heteroatoms. The van der Waals surface area contributed by atoms with E-state index in [0.29, 0.717) is 13.0 Å². The molecule has 1 atom stereocenters. The van der Waals surface area contributed by atoms with Crippen LogP contribution in [-0.4, -0.2) is 38.8 Å². The number of likely N-dealkylation sites (tertiary alicyclic amines) is 1. The molecule has 0 saturated carbocycles. The summed E-state index contributed by atoms with van der Waals surface area (Å²) in [7, 11) is 0. The third-order valence-corrected chi connectivity index (χ3v) is 4.38. The summed E-state index contributed by atoms with van der Waals surface area (Å²) < 4.78 is 8.00. The van der Waals surface area contributed by atoms with Crippen molar-refractivity contribution in [2.45, 2.75) is 32.7 Å². The molecule has 1 aliphatic heterocycles. The van der Waals surface area contributed by atoms with Crippen molar-refractivity contribution in [3.63, 3.8) is 0 Å². The molecular weight excluding hydrogens is 336 g/mol. The first-order valence-corrected chi connectivity index (χ1v) is 7.73. The molecule has 0 N–H and O–H groups in total. The lowest BCUT2D eigenvalue weighted by Crippen LogP contribution is -2.30. The van der Waals surface area contributed by atoms with E-state index in [0.717, 1.165) is 34.5 Å². The van der Waals surface area contributed by atoms with Crippen LogP contribution in [0, 0.1) is 13.8 Å². The number of nitrogens with zero attached hydrogens (tertiary/aromatic N) is 4. The van der Waals surface area contributed by atoms with Gasteiger partial charge in [0.25, 0.3) is 0 Å². The van der Waals surface area contributed by atoms with Gasteiger partial charge in [-0.15, -0.1) is 0 Å². The maximum Gasteiger partial charge on any atom is 0.227 e. The largest absolute Gasteiger partial charge is 0.361 e. The second-order valence-electron chi connectivity index (χ2n) is 5.40. The van der Waals surface area contributed by atoms with Crippen molar-refractivity contribution >= 4 is 21.8 Å². The third kappa shape index (κ3) is 2.88. The number of carbonyl (C=O) groups is 1. The maximum atomic E-state index is 12.4. The van der Waals surface area contributed by atoms with Crippen LogP contribution in [0.5, 0.6) is 0 Å². The fraction of sp³-hybridized carbons (Fsp3) is 0.500. The second-order valence-corrected chi connectivity index (χ2v) is 6.32. The van der Waals surface area contributed by atoms with Crippen LogP contribution in [0.25, 0.3) is 0 Å². The Morgan fingerprint density at radius 1 is 1.52 bits per heavy atom. The fourth-order valence-electron chi connectivity index (χ4n) is 2.72. The standard InChI is InChI=1S/C14H17BrN4O2/c1-9-13(10(2)21-17-9)5-14(20)18-4-3-12(8-18)19-7-11(15)6-16-19/h6-7,12H,3-5,8H2,1-2H3. The Balaban J connectivity index is 1.65. The molecule has 1 fully saturated rings. The van der Waals surface area contributed by atoms with Gasteiger partial charge in [-0.1, -0.05) is 5.16 Å². The normalized spacial score (nSPS) is 18.4. The van der Waals surface area contributed by atoms with Crippen LogP contribution in [0.2, 0.25) is 0 Å². The Bertz CT molecular complexity index is 644. The predicted molar refractivity (Wildman–Crippen MR) is 79.8 cm³/mol. The Kier molecular flexibility index (Phi) is 3.84. The Morgan fingerprint density at radius 3 is 2.95 bits per heavy atom.